The highest BCUT2D eigenvalue weighted by Crippen LogP contribution is 2.22. The molecule has 126 valence electrons. The predicted molar refractivity (Wildman–Crippen MR) is 102 cm³/mol. The summed E-state index contributed by atoms with van der Waals surface area (Å²) in [4.78, 5) is 12.6. The summed E-state index contributed by atoms with van der Waals surface area (Å²) in [5, 5.41) is 8.41. The van der Waals surface area contributed by atoms with E-state index >= 15 is 0 Å². The van der Waals surface area contributed by atoms with E-state index in [1.807, 2.05) is 32.9 Å². The van der Waals surface area contributed by atoms with Gasteiger partial charge in [0.15, 0.2) is 5.84 Å². The highest BCUT2D eigenvalue weighted by molar-refractivity contribution is 6.45. The van der Waals surface area contributed by atoms with Crippen LogP contribution in [-0.4, -0.2) is 11.6 Å². The fraction of sp³-hybridized carbons (Fsp3) is 0.222. The number of Topliss-reactive ketones (excluding diaryl/α,β-unsaturated/α-hetero) is 1. The monoisotopic (exact) mass is 363 g/mol. The molecule has 0 atom stereocenters. The number of halogens is 2. The number of para-hydroxylation sites is 1. The second-order valence-electron chi connectivity index (χ2n) is 6.26. The van der Waals surface area contributed by atoms with Gasteiger partial charge in [0.25, 0.3) is 0 Å². The third-order valence-corrected chi connectivity index (χ3v) is 3.75. The SMILES string of the molecule is CC(C)(C)C(=O)/C(=N\Nc1ccccc1Cl)Nc1ccc(Cl)cc1. The second kappa shape index (κ2) is 7.69. The van der Waals surface area contributed by atoms with Crippen LogP contribution >= 0.6 is 23.2 Å². The molecule has 24 heavy (non-hydrogen) atoms. The zero-order valence-electron chi connectivity index (χ0n) is 13.7. The summed E-state index contributed by atoms with van der Waals surface area (Å²) in [7, 11) is 0. The molecule has 2 aromatic rings. The summed E-state index contributed by atoms with van der Waals surface area (Å²) < 4.78 is 0. The molecule has 4 nitrogen and oxygen atoms in total. The van der Waals surface area contributed by atoms with Crippen LogP contribution in [0.3, 0.4) is 0 Å². The summed E-state index contributed by atoms with van der Waals surface area (Å²) >= 11 is 12.0. The Morgan fingerprint density at radius 1 is 1.00 bits per heavy atom. The quantitative estimate of drug-likeness (QED) is 0.431. The summed E-state index contributed by atoms with van der Waals surface area (Å²) in [6.45, 7) is 5.51. The van der Waals surface area contributed by atoms with Gasteiger partial charge < -0.3 is 5.32 Å². The molecule has 2 N–H and O–H groups in total. The van der Waals surface area contributed by atoms with Crippen LogP contribution in [0.15, 0.2) is 53.6 Å². The number of carbonyl (C=O) groups is 1. The van der Waals surface area contributed by atoms with Crippen LogP contribution in [0, 0.1) is 5.41 Å². The van der Waals surface area contributed by atoms with Crippen LogP contribution < -0.4 is 10.7 Å². The summed E-state index contributed by atoms with van der Waals surface area (Å²) in [5.41, 5.74) is 3.60. The van der Waals surface area contributed by atoms with Crippen molar-refractivity contribution in [2.45, 2.75) is 20.8 Å². The van der Waals surface area contributed by atoms with Crippen LogP contribution in [0.2, 0.25) is 10.0 Å². The molecule has 0 saturated carbocycles. The Hall–Kier alpha value is -2.04. The molecule has 0 amide bonds. The van der Waals surface area contributed by atoms with Gasteiger partial charge in [0.2, 0.25) is 5.78 Å². The van der Waals surface area contributed by atoms with Crippen molar-refractivity contribution in [3.05, 3.63) is 58.6 Å². The Labute approximate surface area is 151 Å². The second-order valence-corrected chi connectivity index (χ2v) is 7.11. The molecule has 2 aromatic carbocycles. The third kappa shape index (κ3) is 4.98. The minimum atomic E-state index is -0.583. The van der Waals surface area contributed by atoms with Crippen LogP contribution in [0.4, 0.5) is 11.4 Å². The van der Waals surface area contributed by atoms with E-state index in [0.29, 0.717) is 15.7 Å². The van der Waals surface area contributed by atoms with E-state index in [1.54, 1.807) is 36.4 Å². The number of carbonyl (C=O) groups excluding carboxylic acids is 1. The smallest absolute Gasteiger partial charge is 0.205 e. The molecule has 0 aliphatic rings. The van der Waals surface area contributed by atoms with E-state index in [4.69, 9.17) is 23.2 Å². The van der Waals surface area contributed by atoms with Gasteiger partial charge in [-0.3, -0.25) is 10.2 Å². The van der Waals surface area contributed by atoms with Gasteiger partial charge in [-0.2, -0.15) is 5.10 Å². The molecule has 0 saturated heterocycles. The van der Waals surface area contributed by atoms with Crippen molar-refractivity contribution >= 4 is 46.2 Å². The number of amidine groups is 1. The average Bonchev–Trinajstić information content (AvgIpc) is 2.53. The Morgan fingerprint density at radius 2 is 1.62 bits per heavy atom. The average molecular weight is 364 g/mol. The van der Waals surface area contributed by atoms with Crippen molar-refractivity contribution in [2.24, 2.45) is 10.5 Å². The maximum absolute atomic E-state index is 12.6. The van der Waals surface area contributed by atoms with E-state index in [-0.39, 0.29) is 11.6 Å². The van der Waals surface area contributed by atoms with Crippen molar-refractivity contribution in [1.82, 2.24) is 0 Å². The highest BCUT2D eigenvalue weighted by Gasteiger charge is 2.27. The lowest BCUT2D eigenvalue weighted by molar-refractivity contribution is -0.119. The molecule has 2 rings (SSSR count). The maximum atomic E-state index is 12.6. The third-order valence-electron chi connectivity index (χ3n) is 3.17. The van der Waals surface area contributed by atoms with Crippen LogP contribution in [0.25, 0.3) is 0 Å². The molecule has 0 radical (unpaired) electrons. The Balaban J connectivity index is 2.28. The molecule has 0 aromatic heterocycles. The van der Waals surface area contributed by atoms with Gasteiger partial charge in [-0.1, -0.05) is 56.1 Å². The molecule has 0 aliphatic heterocycles. The Morgan fingerprint density at radius 3 is 2.21 bits per heavy atom. The summed E-state index contributed by atoms with van der Waals surface area (Å²) in [6, 6.07) is 14.2. The first-order valence-corrected chi connectivity index (χ1v) is 8.18. The van der Waals surface area contributed by atoms with E-state index in [9.17, 15) is 4.79 Å². The maximum Gasteiger partial charge on any atom is 0.205 e. The van der Waals surface area contributed by atoms with Crippen molar-refractivity contribution in [3.8, 4) is 0 Å². The normalized spacial score (nSPS) is 12.0. The van der Waals surface area contributed by atoms with Crippen molar-refractivity contribution in [3.63, 3.8) is 0 Å². The van der Waals surface area contributed by atoms with E-state index in [2.05, 4.69) is 15.8 Å². The molecule has 0 unspecified atom stereocenters. The fourth-order valence-electron chi connectivity index (χ4n) is 1.83. The largest absolute Gasteiger partial charge is 0.336 e. The lowest BCUT2D eigenvalue weighted by Crippen LogP contribution is -2.34. The Kier molecular flexibility index (Phi) is 5.86. The van der Waals surface area contributed by atoms with Crippen molar-refractivity contribution in [1.29, 1.82) is 0 Å². The number of hydrazone groups is 1. The van der Waals surface area contributed by atoms with Gasteiger partial charge in [0, 0.05) is 16.1 Å². The van der Waals surface area contributed by atoms with Crippen molar-refractivity contribution in [2.75, 3.05) is 10.7 Å². The van der Waals surface area contributed by atoms with Gasteiger partial charge in [-0.25, -0.2) is 0 Å². The van der Waals surface area contributed by atoms with Gasteiger partial charge in [0.05, 0.1) is 10.7 Å². The zero-order chi connectivity index (χ0) is 17.7. The fourth-order valence-corrected chi connectivity index (χ4v) is 2.13. The minimum Gasteiger partial charge on any atom is -0.336 e. The topological polar surface area (TPSA) is 53.5 Å². The number of hydrogen-bond donors (Lipinski definition) is 2. The predicted octanol–water partition coefficient (Wildman–Crippen LogP) is 5.45. The lowest BCUT2D eigenvalue weighted by Gasteiger charge is -2.19. The van der Waals surface area contributed by atoms with Crippen LogP contribution in [-0.2, 0) is 4.79 Å². The number of rotatable bonds is 4. The number of ketones is 1. The zero-order valence-corrected chi connectivity index (χ0v) is 15.2. The number of nitrogens with zero attached hydrogens (tertiary/aromatic N) is 1. The van der Waals surface area contributed by atoms with E-state index in [1.165, 1.54) is 0 Å². The minimum absolute atomic E-state index is 0.128. The van der Waals surface area contributed by atoms with E-state index < -0.39 is 5.41 Å². The standard InChI is InChI=1S/C18H19Cl2N3O/c1-18(2,3)16(24)17(21-13-10-8-12(19)9-11-13)23-22-15-7-5-4-6-14(15)20/h4-11,22H,1-3H3,(H,21,23). The van der Waals surface area contributed by atoms with Gasteiger partial charge in [-0.05, 0) is 36.4 Å². The molecule has 6 heteroatoms. The van der Waals surface area contributed by atoms with Crippen molar-refractivity contribution < 1.29 is 4.79 Å². The molecule has 0 bridgehead atoms. The van der Waals surface area contributed by atoms with Gasteiger partial charge in [0.1, 0.15) is 0 Å². The molecular formula is C18H19Cl2N3O. The summed E-state index contributed by atoms with van der Waals surface area (Å²) in [5.74, 6) is 0.0711. The molecular weight excluding hydrogens is 345 g/mol. The highest BCUT2D eigenvalue weighted by atomic mass is 35.5. The summed E-state index contributed by atoms with van der Waals surface area (Å²) in [6.07, 6.45) is 0. The van der Waals surface area contributed by atoms with Gasteiger partial charge in [-0.15, -0.1) is 0 Å². The lowest BCUT2D eigenvalue weighted by atomic mass is 9.90. The van der Waals surface area contributed by atoms with Crippen LogP contribution in [0.5, 0.6) is 0 Å². The Bertz CT molecular complexity index is 750. The van der Waals surface area contributed by atoms with Crippen LogP contribution in [0.1, 0.15) is 20.8 Å². The first-order chi connectivity index (χ1) is 11.3. The molecule has 0 fully saturated rings. The molecule has 0 spiro atoms. The first-order valence-electron chi connectivity index (χ1n) is 7.43. The van der Waals surface area contributed by atoms with Gasteiger partial charge >= 0.3 is 0 Å². The molecule has 0 aliphatic carbocycles. The number of anilines is 2. The first kappa shape index (κ1) is 18.3. The number of benzene rings is 2. The van der Waals surface area contributed by atoms with E-state index in [0.717, 1.165) is 5.69 Å². The number of hydrogen-bond acceptors (Lipinski definition) is 3. The number of nitrogens with one attached hydrogen (secondary N) is 2. The molecule has 0 heterocycles.